The lowest BCUT2D eigenvalue weighted by Crippen LogP contribution is -2.27. The molecule has 2 heterocycles. The third-order valence-electron chi connectivity index (χ3n) is 2.81. The van der Waals surface area contributed by atoms with Gasteiger partial charge >= 0.3 is 0 Å². The van der Waals surface area contributed by atoms with Crippen LogP contribution < -0.4 is 4.90 Å². The number of amides is 1. The van der Waals surface area contributed by atoms with Gasteiger partial charge in [-0.25, -0.2) is 4.98 Å². The molecule has 1 amide bonds. The number of halogens is 1. The van der Waals surface area contributed by atoms with Gasteiger partial charge in [-0.05, 0) is 25.0 Å². The predicted octanol–water partition coefficient (Wildman–Crippen LogP) is 2.45. The van der Waals surface area contributed by atoms with Crippen molar-refractivity contribution in [1.82, 2.24) is 4.98 Å². The standard InChI is InChI=1S/C12H15BrN2O/c1-3-9-5-4-8(2)14-12(9)15-7-10(13)6-11(15)16/h4-5,10H,3,6-7H2,1-2H3. The molecule has 1 unspecified atom stereocenters. The first-order valence-electron chi connectivity index (χ1n) is 5.52. The van der Waals surface area contributed by atoms with Gasteiger partial charge in [-0.3, -0.25) is 9.69 Å². The van der Waals surface area contributed by atoms with Gasteiger partial charge < -0.3 is 0 Å². The molecular weight excluding hydrogens is 268 g/mol. The van der Waals surface area contributed by atoms with E-state index in [1.165, 1.54) is 0 Å². The van der Waals surface area contributed by atoms with E-state index < -0.39 is 0 Å². The lowest BCUT2D eigenvalue weighted by atomic mass is 10.2. The first kappa shape index (κ1) is 11.6. The number of aromatic nitrogens is 1. The minimum atomic E-state index is 0.162. The molecule has 86 valence electrons. The van der Waals surface area contributed by atoms with Gasteiger partial charge in [0.05, 0.1) is 0 Å². The monoisotopic (exact) mass is 282 g/mol. The van der Waals surface area contributed by atoms with Crippen molar-refractivity contribution in [2.45, 2.75) is 31.5 Å². The fourth-order valence-corrected chi connectivity index (χ4v) is 2.52. The molecule has 3 nitrogen and oxygen atoms in total. The highest BCUT2D eigenvalue weighted by Gasteiger charge is 2.30. The number of anilines is 1. The van der Waals surface area contributed by atoms with Crippen LogP contribution in [-0.4, -0.2) is 22.3 Å². The summed E-state index contributed by atoms with van der Waals surface area (Å²) in [6.07, 6.45) is 1.47. The second-order valence-corrected chi connectivity index (χ2v) is 5.39. The Bertz CT molecular complexity index is 419. The smallest absolute Gasteiger partial charge is 0.229 e. The molecule has 1 aliphatic heterocycles. The number of rotatable bonds is 2. The average molecular weight is 283 g/mol. The van der Waals surface area contributed by atoms with Crippen molar-refractivity contribution >= 4 is 27.7 Å². The van der Waals surface area contributed by atoms with E-state index in [9.17, 15) is 4.79 Å². The maximum Gasteiger partial charge on any atom is 0.229 e. The molecule has 0 radical (unpaired) electrons. The maximum atomic E-state index is 11.8. The van der Waals surface area contributed by atoms with Gasteiger partial charge in [0.15, 0.2) is 0 Å². The van der Waals surface area contributed by atoms with Gasteiger partial charge in [-0.2, -0.15) is 0 Å². The number of hydrogen-bond donors (Lipinski definition) is 0. The van der Waals surface area contributed by atoms with Gasteiger partial charge in [0.25, 0.3) is 0 Å². The Labute approximate surface area is 104 Å². The average Bonchev–Trinajstić information content (AvgIpc) is 2.57. The van der Waals surface area contributed by atoms with E-state index >= 15 is 0 Å². The predicted molar refractivity (Wildman–Crippen MR) is 68.0 cm³/mol. The quantitative estimate of drug-likeness (QED) is 0.781. The van der Waals surface area contributed by atoms with Crippen LogP contribution in [0.2, 0.25) is 0 Å². The van der Waals surface area contributed by atoms with E-state index in [0.717, 1.165) is 30.0 Å². The number of carbonyl (C=O) groups excluding carboxylic acids is 1. The number of alkyl halides is 1. The molecule has 0 saturated carbocycles. The van der Waals surface area contributed by atoms with Crippen molar-refractivity contribution in [3.63, 3.8) is 0 Å². The number of pyridine rings is 1. The van der Waals surface area contributed by atoms with Crippen LogP contribution in [-0.2, 0) is 11.2 Å². The Morgan fingerprint density at radius 3 is 2.88 bits per heavy atom. The summed E-state index contributed by atoms with van der Waals surface area (Å²) in [5.74, 6) is 1.00. The molecule has 1 fully saturated rings. The molecule has 16 heavy (non-hydrogen) atoms. The van der Waals surface area contributed by atoms with Crippen LogP contribution in [0.15, 0.2) is 12.1 Å². The fraction of sp³-hybridized carbons (Fsp3) is 0.500. The SMILES string of the molecule is CCc1ccc(C)nc1N1CC(Br)CC1=O. The summed E-state index contributed by atoms with van der Waals surface area (Å²) in [4.78, 5) is 18.4. The summed E-state index contributed by atoms with van der Waals surface area (Å²) in [7, 11) is 0. The molecular formula is C12H15BrN2O. The second-order valence-electron chi connectivity index (χ2n) is 4.09. The van der Waals surface area contributed by atoms with Crippen molar-refractivity contribution in [1.29, 1.82) is 0 Å². The van der Waals surface area contributed by atoms with Crippen LogP contribution in [0.1, 0.15) is 24.6 Å². The third kappa shape index (κ3) is 2.12. The molecule has 0 N–H and O–H groups in total. The van der Waals surface area contributed by atoms with Gasteiger partial charge in [-0.1, -0.05) is 28.9 Å². The van der Waals surface area contributed by atoms with Crippen LogP contribution in [0.3, 0.4) is 0 Å². The topological polar surface area (TPSA) is 33.2 Å². The van der Waals surface area contributed by atoms with E-state index in [1.807, 2.05) is 13.0 Å². The van der Waals surface area contributed by atoms with Gasteiger partial charge in [0, 0.05) is 23.5 Å². The summed E-state index contributed by atoms with van der Waals surface area (Å²) in [6.45, 7) is 4.76. The van der Waals surface area contributed by atoms with Gasteiger partial charge in [0.1, 0.15) is 5.82 Å². The molecule has 0 spiro atoms. The van der Waals surface area contributed by atoms with Crippen molar-refractivity contribution in [2.24, 2.45) is 0 Å². The molecule has 0 bridgehead atoms. The lowest BCUT2D eigenvalue weighted by molar-refractivity contribution is -0.117. The summed E-state index contributed by atoms with van der Waals surface area (Å²) in [5, 5.41) is 0. The highest BCUT2D eigenvalue weighted by molar-refractivity contribution is 9.09. The minimum Gasteiger partial charge on any atom is -0.295 e. The van der Waals surface area contributed by atoms with Crippen molar-refractivity contribution < 1.29 is 4.79 Å². The molecule has 0 aliphatic carbocycles. The summed E-state index contributed by atoms with van der Waals surface area (Å²) in [5.41, 5.74) is 2.10. The Morgan fingerprint density at radius 1 is 1.56 bits per heavy atom. The molecule has 1 aromatic rings. The van der Waals surface area contributed by atoms with Crippen LogP contribution in [0.5, 0.6) is 0 Å². The molecule has 1 aromatic heterocycles. The Balaban J connectivity index is 2.39. The van der Waals surface area contributed by atoms with Crippen LogP contribution in [0.25, 0.3) is 0 Å². The van der Waals surface area contributed by atoms with E-state index in [2.05, 4.69) is 33.9 Å². The number of nitrogens with zero attached hydrogens (tertiary/aromatic N) is 2. The largest absolute Gasteiger partial charge is 0.295 e. The Kier molecular flexibility index (Phi) is 3.28. The Hall–Kier alpha value is -0.900. The second kappa shape index (κ2) is 4.53. The van der Waals surface area contributed by atoms with Crippen molar-refractivity contribution in [2.75, 3.05) is 11.4 Å². The van der Waals surface area contributed by atoms with Crippen molar-refractivity contribution in [3.8, 4) is 0 Å². The zero-order chi connectivity index (χ0) is 11.7. The van der Waals surface area contributed by atoms with Gasteiger partial charge in [-0.15, -0.1) is 0 Å². The van der Waals surface area contributed by atoms with E-state index in [4.69, 9.17) is 0 Å². The number of carbonyl (C=O) groups is 1. The van der Waals surface area contributed by atoms with E-state index in [-0.39, 0.29) is 10.7 Å². The third-order valence-corrected chi connectivity index (χ3v) is 3.42. The molecule has 4 heteroatoms. The fourth-order valence-electron chi connectivity index (χ4n) is 1.95. The summed E-state index contributed by atoms with van der Waals surface area (Å²) >= 11 is 3.49. The Morgan fingerprint density at radius 2 is 2.31 bits per heavy atom. The highest BCUT2D eigenvalue weighted by atomic mass is 79.9. The molecule has 1 saturated heterocycles. The van der Waals surface area contributed by atoms with Crippen LogP contribution >= 0.6 is 15.9 Å². The highest BCUT2D eigenvalue weighted by Crippen LogP contribution is 2.27. The van der Waals surface area contributed by atoms with E-state index in [1.54, 1.807) is 4.90 Å². The summed E-state index contributed by atoms with van der Waals surface area (Å²) in [6, 6.07) is 4.06. The molecule has 0 aromatic carbocycles. The molecule has 1 atom stereocenters. The first-order chi connectivity index (χ1) is 7.61. The number of hydrogen-bond acceptors (Lipinski definition) is 2. The van der Waals surface area contributed by atoms with Crippen LogP contribution in [0.4, 0.5) is 5.82 Å². The maximum absolute atomic E-state index is 11.8. The first-order valence-corrected chi connectivity index (χ1v) is 6.44. The van der Waals surface area contributed by atoms with E-state index in [0.29, 0.717) is 6.42 Å². The normalized spacial score (nSPS) is 20.6. The molecule has 1 aliphatic rings. The number of aryl methyl sites for hydroxylation is 2. The van der Waals surface area contributed by atoms with Crippen LogP contribution in [0, 0.1) is 6.92 Å². The lowest BCUT2D eigenvalue weighted by Gasteiger charge is -2.18. The molecule has 2 rings (SSSR count). The zero-order valence-electron chi connectivity index (χ0n) is 9.53. The zero-order valence-corrected chi connectivity index (χ0v) is 11.1. The van der Waals surface area contributed by atoms with Gasteiger partial charge in [0.2, 0.25) is 5.91 Å². The summed E-state index contributed by atoms with van der Waals surface area (Å²) < 4.78 is 0. The van der Waals surface area contributed by atoms with Crippen molar-refractivity contribution in [3.05, 3.63) is 23.4 Å². The minimum absolute atomic E-state index is 0.162.